The topological polar surface area (TPSA) is 100 Å². The molecule has 1 N–H and O–H groups in total. The van der Waals surface area contributed by atoms with Gasteiger partial charge < -0.3 is 24.1 Å². The molecule has 1 aromatic carbocycles. The first kappa shape index (κ1) is 22.7. The molecule has 0 radical (unpaired) electrons. The minimum atomic E-state index is -0.370. The molecule has 29 heavy (non-hydrogen) atoms. The number of benzene rings is 1. The maximum absolute atomic E-state index is 13.0. The molecule has 0 spiro atoms. The third-order valence-corrected chi connectivity index (χ3v) is 5.23. The molecule has 1 aliphatic rings. The van der Waals surface area contributed by atoms with Crippen molar-refractivity contribution >= 4 is 35.6 Å². The number of likely N-dealkylation sites (N-methyl/N-ethyl adjacent to an activating group) is 1. The molecular formula is C20H25ClN2O6. The van der Waals surface area contributed by atoms with Gasteiger partial charge in [-0.2, -0.15) is 0 Å². The largest absolute Gasteiger partial charge is 0.504 e. The first-order chi connectivity index (χ1) is 13.4. The normalized spacial score (nSPS) is 14.5. The summed E-state index contributed by atoms with van der Waals surface area (Å²) in [5, 5.41) is 10.2. The smallest absolute Gasteiger partial charge is 0.222 e. The maximum Gasteiger partial charge on any atom is 0.222 e. The fraction of sp³-hybridized carbons (Fsp3) is 0.450. The van der Waals surface area contributed by atoms with Gasteiger partial charge in [0.25, 0.3) is 0 Å². The third-order valence-electron chi connectivity index (χ3n) is 5.23. The number of hydrogen-bond acceptors (Lipinski definition) is 7. The second-order valence-electron chi connectivity index (χ2n) is 6.99. The second kappa shape index (κ2) is 9.28. The molecule has 8 nitrogen and oxygen atoms in total. The van der Waals surface area contributed by atoms with Crippen molar-refractivity contribution in [3.05, 3.63) is 33.2 Å². The molecule has 1 fully saturated rings. The number of rotatable bonds is 5. The third kappa shape index (κ3) is 4.38. The lowest BCUT2D eigenvalue weighted by molar-refractivity contribution is -0.132. The van der Waals surface area contributed by atoms with E-state index in [1.54, 1.807) is 6.92 Å². The summed E-state index contributed by atoms with van der Waals surface area (Å²) in [7, 11) is 3.35. The van der Waals surface area contributed by atoms with Gasteiger partial charge in [-0.05, 0) is 26.5 Å². The number of carbonyl (C=O) groups excluding carboxylic acids is 2. The predicted molar refractivity (Wildman–Crippen MR) is 110 cm³/mol. The standard InChI is InChI=1S/C20H24N2O6.ClH/c1-12-13(4-5-17(24)22-8-6-21(2)7-9-22)18(25)14-10-16(27-3)19(26)15(11-23)20(14)28-12;/h10-11,26H,4-9H2,1-3H3;1H. The summed E-state index contributed by atoms with van der Waals surface area (Å²) >= 11 is 0. The van der Waals surface area contributed by atoms with E-state index in [2.05, 4.69) is 4.90 Å². The van der Waals surface area contributed by atoms with Crippen molar-refractivity contribution in [2.24, 2.45) is 0 Å². The lowest BCUT2D eigenvalue weighted by Crippen LogP contribution is -2.47. The highest BCUT2D eigenvalue weighted by atomic mass is 35.5. The van der Waals surface area contributed by atoms with Crippen LogP contribution in [0.3, 0.4) is 0 Å². The number of amides is 1. The van der Waals surface area contributed by atoms with E-state index in [4.69, 9.17) is 9.15 Å². The molecule has 1 aromatic heterocycles. The van der Waals surface area contributed by atoms with Crippen molar-refractivity contribution in [3.63, 3.8) is 0 Å². The Balaban J connectivity index is 0.00000300. The number of nitrogens with zero attached hydrogens (tertiary/aromatic N) is 2. The van der Waals surface area contributed by atoms with Gasteiger partial charge in [0.1, 0.15) is 11.3 Å². The lowest BCUT2D eigenvalue weighted by atomic mass is 10.0. The van der Waals surface area contributed by atoms with Crippen molar-refractivity contribution in [2.45, 2.75) is 19.8 Å². The Morgan fingerprint density at radius 2 is 1.97 bits per heavy atom. The van der Waals surface area contributed by atoms with E-state index in [9.17, 15) is 19.5 Å². The van der Waals surface area contributed by atoms with Crippen molar-refractivity contribution in [1.82, 2.24) is 9.80 Å². The molecule has 0 bridgehead atoms. The predicted octanol–water partition coefficient (Wildman–Crippen LogP) is 1.76. The van der Waals surface area contributed by atoms with Crippen LogP contribution < -0.4 is 10.2 Å². The van der Waals surface area contributed by atoms with E-state index in [0.29, 0.717) is 30.7 Å². The van der Waals surface area contributed by atoms with E-state index in [0.717, 1.165) is 13.1 Å². The van der Waals surface area contributed by atoms with Crippen molar-refractivity contribution < 1.29 is 23.8 Å². The van der Waals surface area contributed by atoms with E-state index in [1.807, 2.05) is 11.9 Å². The number of ether oxygens (including phenoxy) is 1. The van der Waals surface area contributed by atoms with Gasteiger partial charge in [0.15, 0.2) is 28.8 Å². The zero-order chi connectivity index (χ0) is 20.4. The van der Waals surface area contributed by atoms with Crippen LogP contribution in [0.1, 0.15) is 28.1 Å². The number of methoxy groups -OCH3 is 1. The van der Waals surface area contributed by atoms with E-state index >= 15 is 0 Å². The minimum absolute atomic E-state index is 0. The van der Waals surface area contributed by atoms with Gasteiger partial charge in [0, 0.05) is 38.2 Å². The average Bonchev–Trinajstić information content (AvgIpc) is 2.68. The first-order valence-electron chi connectivity index (χ1n) is 9.15. The number of aldehydes is 1. The van der Waals surface area contributed by atoms with Gasteiger partial charge in [0.2, 0.25) is 5.91 Å². The van der Waals surface area contributed by atoms with Gasteiger partial charge in [-0.25, -0.2) is 0 Å². The van der Waals surface area contributed by atoms with Crippen LogP contribution in [0.5, 0.6) is 11.5 Å². The first-order valence-corrected chi connectivity index (χ1v) is 9.15. The Morgan fingerprint density at radius 1 is 1.31 bits per heavy atom. The molecule has 0 atom stereocenters. The average molecular weight is 425 g/mol. The molecule has 0 aliphatic carbocycles. The van der Waals surface area contributed by atoms with Crippen LogP contribution in [0.15, 0.2) is 15.3 Å². The van der Waals surface area contributed by atoms with Crippen LogP contribution in [-0.4, -0.2) is 67.4 Å². The summed E-state index contributed by atoms with van der Waals surface area (Å²) < 4.78 is 10.7. The van der Waals surface area contributed by atoms with Crippen LogP contribution in [0.25, 0.3) is 11.0 Å². The Bertz CT molecular complexity index is 979. The van der Waals surface area contributed by atoms with Crippen LogP contribution in [0.2, 0.25) is 0 Å². The highest BCUT2D eigenvalue weighted by Gasteiger charge is 2.22. The molecule has 2 aromatic rings. The van der Waals surface area contributed by atoms with Crippen LogP contribution in [0, 0.1) is 6.92 Å². The summed E-state index contributed by atoms with van der Waals surface area (Å²) in [6, 6.07) is 1.36. The second-order valence-corrected chi connectivity index (χ2v) is 6.99. The fourth-order valence-electron chi connectivity index (χ4n) is 3.47. The van der Waals surface area contributed by atoms with Crippen molar-refractivity contribution in [1.29, 1.82) is 0 Å². The summed E-state index contributed by atoms with van der Waals surface area (Å²) in [6.07, 6.45) is 0.880. The fourth-order valence-corrected chi connectivity index (χ4v) is 3.47. The van der Waals surface area contributed by atoms with Crippen LogP contribution in [-0.2, 0) is 11.2 Å². The summed E-state index contributed by atoms with van der Waals surface area (Å²) in [4.78, 5) is 40.8. The Labute approximate surface area is 174 Å². The molecule has 0 unspecified atom stereocenters. The monoisotopic (exact) mass is 424 g/mol. The van der Waals surface area contributed by atoms with Gasteiger partial charge >= 0.3 is 0 Å². The molecule has 1 aliphatic heterocycles. The summed E-state index contributed by atoms with van der Waals surface area (Å²) in [6.45, 7) is 4.65. The minimum Gasteiger partial charge on any atom is -0.504 e. The number of fused-ring (bicyclic) bond motifs is 1. The number of phenolic OH excluding ortho intramolecular Hbond substituents is 1. The highest BCUT2D eigenvalue weighted by Crippen LogP contribution is 2.35. The number of halogens is 1. The molecule has 9 heteroatoms. The van der Waals surface area contributed by atoms with E-state index in [-0.39, 0.29) is 64.6 Å². The van der Waals surface area contributed by atoms with Crippen LogP contribution in [0.4, 0.5) is 0 Å². The van der Waals surface area contributed by atoms with Gasteiger partial charge in [0.05, 0.1) is 12.5 Å². The SMILES string of the molecule is COc1cc2c(=O)c(CCC(=O)N3CCN(C)CC3)c(C)oc2c(C=O)c1O.Cl. The number of phenols is 1. The number of hydrogen-bond donors (Lipinski definition) is 1. The Kier molecular flexibility index (Phi) is 7.26. The number of carbonyl (C=O) groups is 2. The summed E-state index contributed by atoms with van der Waals surface area (Å²) in [5.41, 5.74) is -0.0505. The maximum atomic E-state index is 13.0. The molecule has 1 saturated heterocycles. The summed E-state index contributed by atoms with van der Waals surface area (Å²) in [5.74, 6) is -0.0176. The Hall–Kier alpha value is -2.58. The van der Waals surface area contributed by atoms with Crippen LogP contribution >= 0.6 is 12.4 Å². The van der Waals surface area contributed by atoms with Gasteiger partial charge in [-0.1, -0.05) is 0 Å². The highest BCUT2D eigenvalue weighted by molar-refractivity contribution is 5.99. The molecule has 3 rings (SSSR count). The Morgan fingerprint density at radius 3 is 2.55 bits per heavy atom. The van der Waals surface area contributed by atoms with E-state index < -0.39 is 0 Å². The molecule has 1 amide bonds. The van der Waals surface area contributed by atoms with E-state index in [1.165, 1.54) is 13.2 Å². The molecule has 2 heterocycles. The van der Waals surface area contributed by atoms with Gasteiger partial charge in [-0.3, -0.25) is 14.4 Å². The zero-order valence-corrected chi connectivity index (χ0v) is 17.5. The number of aromatic hydroxyl groups is 1. The lowest BCUT2D eigenvalue weighted by Gasteiger charge is -2.32. The van der Waals surface area contributed by atoms with Crippen molar-refractivity contribution in [2.75, 3.05) is 40.3 Å². The zero-order valence-electron chi connectivity index (χ0n) is 16.7. The molecular weight excluding hydrogens is 400 g/mol. The van der Waals surface area contributed by atoms with Gasteiger partial charge in [-0.15, -0.1) is 12.4 Å². The molecule has 158 valence electrons. The number of aryl methyl sites for hydroxylation is 1. The number of piperazine rings is 1. The molecule has 0 saturated carbocycles. The quantitative estimate of drug-likeness (QED) is 0.730. The van der Waals surface area contributed by atoms with Crippen molar-refractivity contribution in [3.8, 4) is 11.5 Å².